The molecule has 0 saturated heterocycles. The van der Waals surface area contributed by atoms with Crippen molar-refractivity contribution < 1.29 is 9.53 Å². The molecule has 0 amide bonds. The predicted octanol–water partition coefficient (Wildman–Crippen LogP) is 3.94. The van der Waals surface area contributed by atoms with Crippen LogP contribution in [0.2, 0.25) is 5.02 Å². The van der Waals surface area contributed by atoms with Crippen molar-refractivity contribution in [1.29, 1.82) is 0 Å². The van der Waals surface area contributed by atoms with Crippen molar-refractivity contribution in [2.75, 3.05) is 13.7 Å². The van der Waals surface area contributed by atoms with Crippen LogP contribution >= 0.6 is 43.5 Å². The minimum absolute atomic E-state index is 0.178. The number of hydrogen-bond acceptors (Lipinski definition) is 3. The van der Waals surface area contributed by atoms with Gasteiger partial charge >= 0.3 is 0 Å². The topological polar surface area (TPSA) is 44.1 Å². The summed E-state index contributed by atoms with van der Waals surface area (Å²) < 4.78 is 8.08. The molecule has 0 aliphatic rings. The summed E-state index contributed by atoms with van der Waals surface area (Å²) in [4.78, 5) is 12.6. The number of ether oxygens (including phenoxy) is 1. The summed E-state index contributed by atoms with van der Waals surface area (Å²) in [5, 5.41) is 4.56. The summed E-state index contributed by atoms with van der Waals surface area (Å²) >= 11 is 12.8. The fourth-order valence-electron chi connectivity index (χ4n) is 1.74. The molecule has 0 N–H and O–H groups in total. The van der Waals surface area contributed by atoms with Crippen LogP contribution in [-0.2, 0) is 11.3 Å². The maximum Gasteiger partial charge on any atom is 0.213 e. The highest BCUT2D eigenvalue weighted by molar-refractivity contribution is 9.10. The van der Waals surface area contributed by atoms with Gasteiger partial charge in [-0.2, -0.15) is 5.10 Å². The Balaban J connectivity index is 2.40. The van der Waals surface area contributed by atoms with Crippen molar-refractivity contribution in [3.8, 4) is 0 Å². The maximum absolute atomic E-state index is 12.6. The van der Waals surface area contributed by atoms with E-state index in [4.69, 9.17) is 16.3 Å². The van der Waals surface area contributed by atoms with E-state index in [1.807, 2.05) is 0 Å². The molecule has 106 valence electrons. The number of ketones is 1. The minimum Gasteiger partial charge on any atom is -0.383 e. The average molecular weight is 423 g/mol. The third-order valence-corrected chi connectivity index (χ3v) is 4.08. The zero-order valence-electron chi connectivity index (χ0n) is 10.6. The summed E-state index contributed by atoms with van der Waals surface area (Å²) in [5.41, 5.74) is 0.904. The normalized spacial score (nSPS) is 10.8. The lowest BCUT2D eigenvalue weighted by atomic mass is 10.1. The van der Waals surface area contributed by atoms with Crippen molar-refractivity contribution in [2.24, 2.45) is 0 Å². The molecule has 2 aromatic rings. The van der Waals surface area contributed by atoms with Gasteiger partial charge in [0.25, 0.3) is 0 Å². The van der Waals surface area contributed by atoms with Gasteiger partial charge in [-0.15, -0.1) is 0 Å². The molecule has 0 spiro atoms. The molecule has 0 unspecified atom stereocenters. The van der Waals surface area contributed by atoms with E-state index in [9.17, 15) is 4.79 Å². The first-order chi connectivity index (χ1) is 9.54. The van der Waals surface area contributed by atoms with E-state index in [1.54, 1.807) is 36.2 Å². The second-order valence-corrected chi connectivity index (χ2v) is 6.19. The van der Waals surface area contributed by atoms with Gasteiger partial charge < -0.3 is 4.74 Å². The Bertz CT molecular complexity index is 643. The van der Waals surface area contributed by atoms with Crippen LogP contribution in [-0.4, -0.2) is 29.3 Å². The molecule has 0 aliphatic carbocycles. The Kier molecular flexibility index (Phi) is 5.37. The lowest BCUT2D eigenvalue weighted by Gasteiger charge is -2.08. The molecular weight excluding hydrogens is 411 g/mol. The molecule has 0 radical (unpaired) electrons. The Morgan fingerprint density at radius 3 is 2.85 bits per heavy atom. The second-order valence-electron chi connectivity index (χ2n) is 4.01. The molecule has 1 heterocycles. The molecule has 1 aromatic carbocycles. The van der Waals surface area contributed by atoms with E-state index in [2.05, 4.69) is 37.0 Å². The first kappa shape index (κ1) is 15.7. The molecule has 0 aliphatic heterocycles. The fourth-order valence-corrected chi connectivity index (χ4v) is 2.97. The minimum atomic E-state index is -0.178. The van der Waals surface area contributed by atoms with Gasteiger partial charge in [-0.05, 0) is 34.1 Å². The summed E-state index contributed by atoms with van der Waals surface area (Å²) in [5.74, 6) is -0.178. The highest BCUT2D eigenvalue weighted by atomic mass is 79.9. The Morgan fingerprint density at radius 2 is 2.20 bits per heavy atom. The monoisotopic (exact) mass is 420 g/mol. The molecule has 2 rings (SSSR count). The van der Waals surface area contributed by atoms with Gasteiger partial charge in [0.15, 0.2) is 0 Å². The molecule has 0 fully saturated rings. The number of carbonyl (C=O) groups is 1. The van der Waals surface area contributed by atoms with Crippen molar-refractivity contribution in [3.05, 3.63) is 49.6 Å². The largest absolute Gasteiger partial charge is 0.383 e. The highest BCUT2D eigenvalue weighted by Gasteiger charge is 2.21. The number of nitrogens with zero attached hydrogens (tertiary/aromatic N) is 2. The molecule has 0 bridgehead atoms. The van der Waals surface area contributed by atoms with Crippen molar-refractivity contribution in [1.82, 2.24) is 9.78 Å². The molecule has 7 heteroatoms. The second kappa shape index (κ2) is 6.85. The number of methoxy groups -OCH3 is 1. The van der Waals surface area contributed by atoms with E-state index in [1.165, 1.54) is 0 Å². The lowest BCUT2D eigenvalue weighted by molar-refractivity contribution is 0.102. The Morgan fingerprint density at radius 1 is 1.45 bits per heavy atom. The number of halogens is 3. The number of hydrogen-bond donors (Lipinski definition) is 0. The van der Waals surface area contributed by atoms with Gasteiger partial charge in [0.1, 0.15) is 5.69 Å². The van der Waals surface area contributed by atoms with Crippen molar-refractivity contribution >= 4 is 49.2 Å². The average Bonchev–Trinajstić information content (AvgIpc) is 2.77. The Hall–Kier alpha value is -0.690. The van der Waals surface area contributed by atoms with Crippen LogP contribution in [0.5, 0.6) is 0 Å². The van der Waals surface area contributed by atoms with Crippen LogP contribution in [0, 0.1) is 0 Å². The summed E-state index contributed by atoms with van der Waals surface area (Å²) in [6, 6.07) is 5.16. The van der Waals surface area contributed by atoms with Gasteiger partial charge in [0.05, 0.1) is 28.8 Å². The number of aromatic nitrogens is 2. The van der Waals surface area contributed by atoms with Gasteiger partial charge in [0, 0.05) is 17.1 Å². The van der Waals surface area contributed by atoms with Crippen LogP contribution in [0.15, 0.2) is 33.3 Å². The fraction of sp³-hybridized carbons (Fsp3) is 0.231. The van der Waals surface area contributed by atoms with Gasteiger partial charge in [0.2, 0.25) is 5.78 Å². The highest BCUT2D eigenvalue weighted by Crippen LogP contribution is 2.26. The molecule has 0 saturated carbocycles. The third-order valence-electron chi connectivity index (χ3n) is 2.69. The van der Waals surface area contributed by atoms with E-state index < -0.39 is 0 Å². The van der Waals surface area contributed by atoms with E-state index in [0.29, 0.717) is 33.9 Å². The van der Waals surface area contributed by atoms with Crippen LogP contribution in [0.4, 0.5) is 0 Å². The SMILES string of the molecule is COCCn1ncc(Br)c1C(=O)c1ccc(Br)cc1Cl. The summed E-state index contributed by atoms with van der Waals surface area (Å²) in [6.07, 6.45) is 1.59. The van der Waals surface area contributed by atoms with Gasteiger partial charge in [-0.1, -0.05) is 27.5 Å². The third kappa shape index (κ3) is 3.31. The molecule has 4 nitrogen and oxygen atoms in total. The van der Waals surface area contributed by atoms with Crippen LogP contribution < -0.4 is 0 Å². The van der Waals surface area contributed by atoms with E-state index in [-0.39, 0.29) is 5.78 Å². The molecule has 20 heavy (non-hydrogen) atoms. The molecule has 0 atom stereocenters. The summed E-state index contributed by atoms with van der Waals surface area (Å²) in [6.45, 7) is 0.972. The van der Waals surface area contributed by atoms with Crippen molar-refractivity contribution in [2.45, 2.75) is 6.54 Å². The molecule has 1 aromatic heterocycles. The number of rotatable bonds is 5. The van der Waals surface area contributed by atoms with E-state index >= 15 is 0 Å². The molecular formula is C13H11Br2ClN2O2. The van der Waals surface area contributed by atoms with Crippen LogP contribution in [0.25, 0.3) is 0 Å². The Labute approximate surface area is 138 Å². The van der Waals surface area contributed by atoms with Gasteiger partial charge in [-0.25, -0.2) is 0 Å². The zero-order valence-corrected chi connectivity index (χ0v) is 14.5. The van der Waals surface area contributed by atoms with Crippen LogP contribution in [0.1, 0.15) is 16.1 Å². The maximum atomic E-state index is 12.6. The standard InChI is InChI=1S/C13H11Br2ClN2O2/c1-20-5-4-18-12(10(15)7-17-18)13(19)9-3-2-8(14)6-11(9)16/h2-3,6-7H,4-5H2,1H3. The van der Waals surface area contributed by atoms with E-state index in [0.717, 1.165) is 4.47 Å². The zero-order chi connectivity index (χ0) is 14.7. The lowest BCUT2D eigenvalue weighted by Crippen LogP contribution is -2.15. The first-order valence-electron chi connectivity index (χ1n) is 5.74. The smallest absolute Gasteiger partial charge is 0.213 e. The van der Waals surface area contributed by atoms with Crippen molar-refractivity contribution in [3.63, 3.8) is 0 Å². The first-order valence-corrected chi connectivity index (χ1v) is 7.71. The quantitative estimate of drug-likeness (QED) is 0.686. The predicted molar refractivity (Wildman–Crippen MR) is 84.4 cm³/mol. The van der Waals surface area contributed by atoms with Crippen LogP contribution in [0.3, 0.4) is 0 Å². The number of benzene rings is 1. The van der Waals surface area contributed by atoms with Gasteiger partial charge in [-0.3, -0.25) is 9.48 Å². The summed E-state index contributed by atoms with van der Waals surface area (Å²) in [7, 11) is 1.60. The number of carbonyl (C=O) groups excluding carboxylic acids is 1.